The van der Waals surface area contributed by atoms with Crippen LogP contribution in [-0.2, 0) is 0 Å². The topological polar surface area (TPSA) is 32.3 Å². The van der Waals surface area contributed by atoms with Gasteiger partial charge in [0.2, 0.25) is 0 Å². The summed E-state index contributed by atoms with van der Waals surface area (Å²) in [5, 5.41) is 12.5. The monoisotopic (exact) mass is 301 g/mol. The zero-order valence-electron chi connectivity index (χ0n) is 11.9. The van der Waals surface area contributed by atoms with E-state index in [2.05, 4.69) is 86.4 Å². The third-order valence-electron chi connectivity index (χ3n) is 2.01. The standard InChI is InChI=1S/C19H13NO.15H2/c1-4-5-6-7-8-9-10-11-12-13-14-15-16-17-19(21)18(2)20-3;;;;;;;;;;;;;;;/h17-21H,1H2,2-3H3;15*1H/t18-,19-;;;;;;;;;;;;;;;/m0.............../s1. The molecule has 0 saturated carbocycles. The molecule has 0 aromatic rings. The van der Waals surface area contributed by atoms with Crippen LogP contribution in [0, 0.1) is 0 Å². The Kier molecular flexibility index (Phi) is 11.2. The molecule has 0 aliphatic heterocycles. The molecule has 21 heavy (non-hydrogen) atoms. The van der Waals surface area contributed by atoms with E-state index in [0.717, 1.165) is 0 Å². The minimum atomic E-state index is -0.637. The van der Waals surface area contributed by atoms with E-state index in [0.29, 0.717) is 0 Å². The molecule has 0 fully saturated rings. The Labute approximate surface area is 146 Å². The van der Waals surface area contributed by atoms with Crippen LogP contribution in [0.4, 0.5) is 0 Å². The van der Waals surface area contributed by atoms with Crippen LogP contribution in [0.3, 0.4) is 0 Å². The van der Waals surface area contributed by atoms with Crippen LogP contribution in [0.25, 0.3) is 0 Å². The molecule has 0 aromatic carbocycles. The predicted octanol–water partition coefficient (Wildman–Crippen LogP) is 5.85. The van der Waals surface area contributed by atoms with E-state index < -0.39 is 6.10 Å². The van der Waals surface area contributed by atoms with Gasteiger partial charge in [0.15, 0.2) is 0 Å². The van der Waals surface area contributed by atoms with Gasteiger partial charge in [0.25, 0.3) is 0 Å². The Morgan fingerprint density at radius 3 is 1.76 bits per heavy atom. The van der Waals surface area contributed by atoms with Crippen molar-refractivity contribution in [3.63, 3.8) is 0 Å². The lowest BCUT2D eigenvalue weighted by atomic mass is 10.2. The van der Waals surface area contributed by atoms with Crippen molar-refractivity contribution in [2.45, 2.75) is 19.1 Å². The average molecular weight is 302 g/mol. The lowest BCUT2D eigenvalue weighted by Gasteiger charge is -2.12. The molecule has 2 heteroatoms. The second kappa shape index (κ2) is 13.2. The lowest BCUT2D eigenvalue weighted by molar-refractivity contribution is 0.184. The summed E-state index contributed by atoms with van der Waals surface area (Å²) in [4.78, 5) is 0. The van der Waals surface area contributed by atoms with Crippen molar-refractivity contribution in [1.29, 1.82) is 0 Å². The van der Waals surface area contributed by atoms with Crippen molar-refractivity contribution < 1.29 is 26.5 Å². The summed E-state index contributed by atoms with van der Waals surface area (Å²) >= 11 is 0. The third-order valence-corrected chi connectivity index (χ3v) is 2.01. The van der Waals surface area contributed by atoms with Crippen molar-refractivity contribution in [2.75, 3.05) is 7.05 Å². The molecule has 0 bridgehead atoms. The summed E-state index contributed by atoms with van der Waals surface area (Å²) < 4.78 is 0. The van der Waals surface area contributed by atoms with Gasteiger partial charge in [-0.05, 0) is 89.7 Å². The maximum absolute atomic E-state index is 9.55. The molecule has 0 rings (SSSR count). The van der Waals surface area contributed by atoms with Gasteiger partial charge in [-0.1, -0.05) is 11.5 Å². The molecule has 2 nitrogen and oxygen atoms in total. The average Bonchev–Trinajstić information content (AvgIpc) is 2.50. The van der Waals surface area contributed by atoms with Crippen LogP contribution in [0.15, 0.2) is 87.2 Å². The highest BCUT2D eigenvalue weighted by Crippen LogP contribution is 1.91. The van der Waals surface area contributed by atoms with Gasteiger partial charge in [-0.25, -0.2) is 0 Å². The Bertz CT molecular complexity index is 875. The number of aliphatic hydroxyl groups excluding tert-OH is 1. The second-order valence-corrected chi connectivity index (χ2v) is 3.43. The maximum Gasteiger partial charge on any atom is 0.0951 e. The molecule has 0 spiro atoms. The van der Waals surface area contributed by atoms with Crippen LogP contribution >= 0.6 is 0 Å². The first-order valence-corrected chi connectivity index (χ1v) is 5.93. The zero-order chi connectivity index (χ0) is 15.8. The largest absolute Gasteiger partial charge is 0.387 e. The lowest BCUT2D eigenvalue weighted by Crippen LogP contribution is -2.32. The molecule has 2 N–H and O–H groups in total. The van der Waals surface area contributed by atoms with Gasteiger partial charge in [0.05, 0.1) is 6.10 Å². The smallest absolute Gasteiger partial charge is 0.0951 e. The van der Waals surface area contributed by atoms with E-state index in [-0.39, 0.29) is 27.4 Å². The first-order valence-electron chi connectivity index (χ1n) is 5.93. The van der Waals surface area contributed by atoms with Crippen molar-refractivity contribution >= 4 is 0 Å². The summed E-state index contributed by atoms with van der Waals surface area (Å²) in [7, 11) is 1.76. The van der Waals surface area contributed by atoms with E-state index in [9.17, 15) is 5.11 Å². The van der Waals surface area contributed by atoms with E-state index in [1.807, 2.05) is 6.92 Å². The number of aliphatic hydroxyl groups is 1. The molecule has 0 saturated heterocycles. The zero-order valence-corrected chi connectivity index (χ0v) is 11.9. The molecular formula is C19H43NO. The molecular weight excluding hydrogens is 258 g/mol. The van der Waals surface area contributed by atoms with E-state index in [4.69, 9.17) is 0 Å². The highest BCUT2D eigenvalue weighted by atomic mass is 16.3. The Balaban J connectivity index is -0.0000000190. The number of likely N-dealkylation sites (N-methyl/N-ethyl adjacent to an activating group) is 1. The number of nitrogens with one attached hydrogen (secondary N) is 1. The minimum absolute atomic E-state index is 0. The maximum atomic E-state index is 9.55. The summed E-state index contributed by atoms with van der Waals surface area (Å²) in [5.74, 6) is 0. The third kappa shape index (κ3) is 11.6. The van der Waals surface area contributed by atoms with Crippen LogP contribution in [-0.4, -0.2) is 24.3 Å². The fourth-order valence-electron chi connectivity index (χ4n) is 0.804. The van der Waals surface area contributed by atoms with Gasteiger partial charge in [-0.15, -0.1) is 0 Å². The molecule has 0 aliphatic carbocycles. The van der Waals surface area contributed by atoms with E-state index in [1.54, 1.807) is 7.05 Å². The Morgan fingerprint density at radius 1 is 0.905 bits per heavy atom. The van der Waals surface area contributed by atoms with E-state index in [1.165, 1.54) is 6.08 Å². The molecule has 0 aliphatic rings. The number of rotatable bonds is 3. The highest BCUT2D eigenvalue weighted by Gasteiger charge is 2.06. The SMILES string of the molecule is C=C=C=C=C=C=C=C=C=C=C=C=C=C=C[C@H](O)[C@H](C)NC.[HH].[HH].[HH].[HH].[HH].[HH].[HH].[HH].[HH].[HH].[HH].[HH].[HH].[HH].[HH]. The van der Waals surface area contributed by atoms with Gasteiger partial charge in [0, 0.05) is 27.4 Å². The molecule has 130 valence electrons. The normalized spacial score (nSPS) is 9.10. The van der Waals surface area contributed by atoms with Crippen LogP contribution < -0.4 is 5.32 Å². The Hall–Kier alpha value is -3.20. The molecule has 2 atom stereocenters. The van der Waals surface area contributed by atoms with Crippen molar-refractivity contribution in [2.24, 2.45) is 0 Å². The second-order valence-electron chi connectivity index (χ2n) is 3.43. The summed E-state index contributed by atoms with van der Waals surface area (Å²) in [6.45, 7) is 5.15. The van der Waals surface area contributed by atoms with Gasteiger partial charge < -0.3 is 10.4 Å². The van der Waals surface area contributed by atoms with Crippen LogP contribution in [0.2, 0.25) is 0 Å². The molecule has 0 heterocycles. The highest BCUT2D eigenvalue weighted by molar-refractivity contribution is 4.95. The summed E-state index contributed by atoms with van der Waals surface area (Å²) in [5.41, 5.74) is 32.5. The van der Waals surface area contributed by atoms with Crippen molar-refractivity contribution in [1.82, 2.24) is 5.32 Å². The van der Waals surface area contributed by atoms with E-state index >= 15 is 0 Å². The van der Waals surface area contributed by atoms with Crippen molar-refractivity contribution in [3.8, 4) is 0 Å². The molecule has 0 amide bonds. The molecule has 0 aromatic heterocycles. The summed E-state index contributed by atoms with van der Waals surface area (Å²) in [6.07, 6.45) is 0.835. The van der Waals surface area contributed by atoms with Crippen molar-refractivity contribution in [3.05, 3.63) is 87.2 Å². The van der Waals surface area contributed by atoms with Crippen LogP contribution in [0.5, 0.6) is 0 Å². The first kappa shape index (κ1) is 17.8. The Morgan fingerprint density at radius 2 is 1.33 bits per heavy atom. The van der Waals surface area contributed by atoms with Gasteiger partial charge >= 0.3 is 0 Å². The minimum Gasteiger partial charge on any atom is -0.387 e. The van der Waals surface area contributed by atoms with Gasteiger partial charge in [0.1, 0.15) is 0 Å². The first-order chi connectivity index (χ1) is 10.2. The van der Waals surface area contributed by atoms with Gasteiger partial charge in [-0.3, -0.25) is 0 Å². The quantitative estimate of drug-likeness (QED) is 0.641. The fourth-order valence-corrected chi connectivity index (χ4v) is 0.804. The fraction of sp³-hybridized carbons (Fsp3) is 0.211. The molecule has 0 radical (unpaired) electrons. The summed E-state index contributed by atoms with van der Waals surface area (Å²) in [6, 6.07) is -0.0579. The van der Waals surface area contributed by atoms with Crippen LogP contribution in [0.1, 0.15) is 28.3 Å². The predicted molar refractivity (Wildman–Crippen MR) is 112 cm³/mol. The number of hydrogen-bond donors (Lipinski definition) is 2. The van der Waals surface area contributed by atoms with Gasteiger partial charge in [-0.2, -0.15) is 0 Å². The molecule has 0 unspecified atom stereocenters. The number of hydrogen-bond acceptors (Lipinski definition) is 2.